The highest BCUT2D eigenvalue weighted by molar-refractivity contribution is 14.1. The number of rotatable bonds is 5. The van der Waals surface area contributed by atoms with Crippen molar-refractivity contribution in [2.24, 2.45) is 0 Å². The number of hydrogen-bond acceptors (Lipinski definition) is 1. The predicted molar refractivity (Wildman–Crippen MR) is 222 cm³/mol. The Balaban J connectivity index is 1.12. The molecule has 0 aliphatic rings. The Labute approximate surface area is 309 Å². The van der Waals surface area contributed by atoms with Gasteiger partial charge < -0.3 is 9.13 Å². The zero-order chi connectivity index (χ0) is 33.9. The Kier molecular flexibility index (Phi) is 7.10. The van der Waals surface area contributed by atoms with Gasteiger partial charge in [-0.05, 0) is 113 Å². The van der Waals surface area contributed by atoms with Crippen LogP contribution >= 0.6 is 22.6 Å². The van der Waals surface area contributed by atoms with Gasteiger partial charge in [0, 0.05) is 47.6 Å². The minimum absolute atomic E-state index is 0.956. The van der Waals surface area contributed by atoms with Crippen molar-refractivity contribution in [1.82, 2.24) is 14.1 Å². The van der Waals surface area contributed by atoms with E-state index < -0.39 is 0 Å². The first-order chi connectivity index (χ1) is 25.2. The third kappa shape index (κ3) is 5.05. The minimum atomic E-state index is 0.956. The number of halogens is 1. The van der Waals surface area contributed by atoms with Crippen molar-refractivity contribution >= 4 is 66.2 Å². The lowest BCUT2D eigenvalue weighted by Crippen LogP contribution is -1.95. The standard InChI is InChI=1S/C47H30IN3/c48-35-24-20-31(21-25-35)42-16-9-17-43(49-42)34-10-8-13-37(28-34)51-44-18-6-4-14-38(44)40-26-22-33(30-47(40)51)32-23-27-46-41(29-32)39-15-5-7-19-45(39)50(46)36-11-2-1-3-12-36/h1-30H. The van der Waals surface area contributed by atoms with Gasteiger partial charge in [0.05, 0.1) is 33.5 Å². The molecule has 0 spiro atoms. The zero-order valence-corrected chi connectivity index (χ0v) is 29.7. The van der Waals surface area contributed by atoms with Gasteiger partial charge in [-0.1, -0.05) is 103 Å². The lowest BCUT2D eigenvalue weighted by atomic mass is 10.0. The Bertz CT molecular complexity index is 2920. The lowest BCUT2D eigenvalue weighted by Gasteiger charge is -2.12. The summed E-state index contributed by atoms with van der Waals surface area (Å²) >= 11 is 2.34. The van der Waals surface area contributed by atoms with Crippen molar-refractivity contribution in [2.75, 3.05) is 0 Å². The molecule has 0 bridgehead atoms. The summed E-state index contributed by atoms with van der Waals surface area (Å²) in [6, 6.07) is 65.5. The lowest BCUT2D eigenvalue weighted by molar-refractivity contribution is 1.18. The number of aromatic nitrogens is 3. The maximum Gasteiger partial charge on any atom is 0.0710 e. The molecular formula is C47H30IN3. The molecule has 3 heterocycles. The van der Waals surface area contributed by atoms with Crippen LogP contribution in [0.25, 0.3) is 88.6 Å². The van der Waals surface area contributed by atoms with E-state index in [0.717, 1.165) is 28.2 Å². The summed E-state index contributed by atoms with van der Waals surface area (Å²) < 4.78 is 5.99. The molecule has 0 amide bonds. The smallest absolute Gasteiger partial charge is 0.0710 e. The number of benzene rings is 7. The van der Waals surface area contributed by atoms with Gasteiger partial charge in [0.1, 0.15) is 0 Å². The fraction of sp³-hybridized carbons (Fsp3) is 0. The van der Waals surface area contributed by atoms with Gasteiger partial charge in [0.25, 0.3) is 0 Å². The maximum atomic E-state index is 5.10. The van der Waals surface area contributed by atoms with Crippen molar-refractivity contribution < 1.29 is 0 Å². The SMILES string of the molecule is Ic1ccc(-c2cccc(-c3cccc(-n4c5ccccc5c5ccc(-c6ccc7c(c6)c6ccccc6n7-c6ccccc6)cc54)c3)n2)cc1. The van der Waals surface area contributed by atoms with Gasteiger partial charge in [0.15, 0.2) is 0 Å². The van der Waals surface area contributed by atoms with Gasteiger partial charge in [0.2, 0.25) is 0 Å². The molecule has 0 fully saturated rings. The van der Waals surface area contributed by atoms with Crippen LogP contribution in [-0.2, 0) is 0 Å². The van der Waals surface area contributed by atoms with E-state index >= 15 is 0 Å². The summed E-state index contributed by atoms with van der Waals surface area (Å²) in [5, 5.41) is 4.98. The Morgan fingerprint density at radius 1 is 0.333 bits per heavy atom. The largest absolute Gasteiger partial charge is 0.309 e. The van der Waals surface area contributed by atoms with Crippen LogP contribution < -0.4 is 0 Å². The van der Waals surface area contributed by atoms with Crippen molar-refractivity contribution in [3.63, 3.8) is 0 Å². The molecule has 0 atom stereocenters. The van der Waals surface area contributed by atoms with Crippen LogP contribution in [0.5, 0.6) is 0 Å². The quantitative estimate of drug-likeness (QED) is 0.160. The molecule has 4 heteroatoms. The highest BCUT2D eigenvalue weighted by Gasteiger charge is 2.16. The molecule has 3 nitrogen and oxygen atoms in total. The van der Waals surface area contributed by atoms with E-state index in [-0.39, 0.29) is 0 Å². The van der Waals surface area contributed by atoms with Crippen LogP contribution in [0.1, 0.15) is 0 Å². The first kappa shape index (κ1) is 29.9. The zero-order valence-electron chi connectivity index (χ0n) is 27.5. The first-order valence-electron chi connectivity index (χ1n) is 17.2. The Morgan fingerprint density at radius 2 is 0.882 bits per heavy atom. The number of fused-ring (bicyclic) bond motifs is 6. The van der Waals surface area contributed by atoms with Gasteiger partial charge in [-0.15, -0.1) is 0 Å². The van der Waals surface area contributed by atoms with Crippen LogP contribution in [0, 0.1) is 3.57 Å². The average molecular weight is 764 g/mol. The molecule has 0 radical (unpaired) electrons. The molecule has 0 saturated carbocycles. The number of nitrogens with zero attached hydrogens (tertiary/aromatic N) is 3. The highest BCUT2D eigenvalue weighted by atomic mass is 127. The third-order valence-corrected chi connectivity index (χ3v) is 10.7. The molecule has 0 N–H and O–H groups in total. The fourth-order valence-electron chi connectivity index (χ4n) is 7.62. The predicted octanol–water partition coefficient (Wildman–Crippen LogP) is 12.9. The fourth-order valence-corrected chi connectivity index (χ4v) is 7.98. The van der Waals surface area contributed by atoms with E-state index in [2.05, 4.69) is 214 Å². The van der Waals surface area contributed by atoms with Crippen LogP contribution in [0.15, 0.2) is 182 Å². The summed E-state index contributed by atoms with van der Waals surface area (Å²) in [4.78, 5) is 5.10. The number of para-hydroxylation sites is 3. The third-order valence-electron chi connectivity index (χ3n) is 9.98. The van der Waals surface area contributed by atoms with E-state index in [1.165, 1.54) is 64.0 Å². The molecule has 10 aromatic rings. The highest BCUT2D eigenvalue weighted by Crippen LogP contribution is 2.38. The van der Waals surface area contributed by atoms with E-state index in [1.807, 2.05) is 0 Å². The van der Waals surface area contributed by atoms with E-state index in [0.29, 0.717) is 0 Å². The molecule has 51 heavy (non-hydrogen) atoms. The normalized spacial score (nSPS) is 11.6. The molecular weight excluding hydrogens is 733 g/mol. The summed E-state index contributed by atoms with van der Waals surface area (Å²) in [5.74, 6) is 0. The van der Waals surface area contributed by atoms with Crippen molar-refractivity contribution in [3.8, 4) is 45.0 Å². The van der Waals surface area contributed by atoms with Crippen molar-refractivity contribution in [2.45, 2.75) is 0 Å². The second-order valence-electron chi connectivity index (χ2n) is 13.0. The van der Waals surface area contributed by atoms with Crippen LogP contribution in [0.2, 0.25) is 0 Å². The summed E-state index contributed by atoms with van der Waals surface area (Å²) in [6.45, 7) is 0. The van der Waals surface area contributed by atoms with Gasteiger partial charge in [-0.2, -0.15) is 0 Å². The van der Waals surface area contributed by atoms with E-state index in [9.17, 15) is 0 Å². The molecule has 0 aliphatic carbocycles. The van der Waals surface area contributed by atoms with Crippen LogP contribution in [0.4, 0.5) is 0 Å². The second-order valence-corrected chi connectivity index (χ2v) is 14.2. The maximum absolute atomic E-state index is 5.10. The molecule has 0 unspecified atom stereocenters. The molecule has 3 aromatic heterocycles. The molecule has 240 valence electrons. The molecule has 7 aromatic carbocycles. The monoisotopic (exact) mass is 763 g/mol. The van der Waals surface area contributed by atoms with Gasteiger partial charge in [-0.3, -0.25) is 0 Å². The second kappa shape index (κ2) is 12.1. The van der Waals surface area contributed by atoms with Crippen molar-refractivity contribution in [1.29, 1.82) is 0 Å². The summed E-state index contributed by atoms with van der Waals surface area (Å²) in [6.07, 6.45) is 0. The topological polar surface area (TPSA) is 22.8 Å². The van der Waals surface area contributed by atoms with E-state index in [4.69, 9.17) is 4.98 Å². The van der Waals surface area contributed by atoms with Gasteiger partial charge in [-0.25, -0.2) is 4.98 Å². The average Bonchev–Trinajstić information content (AvgIpc) is 3.71. The molecule has 0 aliphatic heterocycles. The number of hydrogen-bond donors (Lipinski definition) is 0. The van der Waals surface area contributed by atoms with Crippen LogP contribution in [-0.4, -0.2) is 14.1 Å². The van der Waals surface area contributed by atoms with Crippen LogP contribution in [0.3, 0.4) is 0 Å². The molecule has 0 saturated heterocycles. The number of pyridine rings is 1. The molecule has 10 rings (SSSR count). The van der Waals surface area contributed by atoms with Gasteiger partial charge >= 0.3 is 0 Å². The first-order valence-corrected chi connectivity index (χ1v) is 18.2. The van der Waals surface area contributed by atoms with Crippen molar-refractivity contribution in [3.05, 3.63) is 186 Å². The van der Waals surface area contributed by atoms with E-state index in [1.54, 1.807) is 0 Å². The summed E-state index contributed by atoms with van der Waals surface area (Å²) in [5.41, 5.74) is 13.6. The summed E-state index contributed by atoms with van der Waals surface area (Å²) in [7, 11) is 0. The Morgan fingerprint density at radius 3 is 1.67 bits per heavy atom. The minimum Gasteiger partial charge on any atom is -0.309 e. The Hall–Kier alpha value is -5.98.